The van der Waals surface area contributed by atoms with Crippen LogP contribution in [0.2, 0.25) is 0 Å². The van der Waals surface area contributed by atoms with E-state index >= 15 is 0 Å². The Balaban J connectivity index is -0.00000000133. The van der Waals surface area contributed by atoms with Crippen LogP contribution in [-0.4, -0.2) is 32.9 Å². The molecule has 0 spiro atoms. The third-order valence-corrected chi connectivity index (χ3v) is 0. The van der Waals surface area contributed by atoms with Crippen LogP contribution in [-0.2, 0) is 20.8 Å². The summed E-state index contributed by atoms with van der Waals surface area (Å²) in [6.07, 6.45) is 0. The van der Waals surface area contributed by atoms with E-state index in [2.05, 4.69) is 0 Å². The van der Waals surface area contributed by atoms with Gasteiger partial charge in [0.2, 0.25) is 0 Å². The van der Waals surface area contributed by atoms with Crippen molar-refractivity contribution in [3.05, 3.63) is 0 Å². The molecule has 0 heterocycles. The molecule has 9 heavy (non-hydrogen) atoms. The van der Waals surface area contributed by atoms with Crippen LogP contribution in [0.4, 0.5) is 0 Å². The summed E-state index contributed by atoms with van der Waals surface area (Å²) >= 11 is -0.826. The second-order valence-electron chi connectivity index (χ2n) is 0.0714. The Morgan fingerprint density at radius 2 is 0.556 bits per heavy atom. The maximum absolute atomic E-state index is 4.93. The van der Waals surface area contributed by atoms with Crippen molar-refractivity contribution < 1.29 is 53.7 Å². The van der Waals surface area contributed by atoms with Crippen molar-refractivity contribution in [3.8, 4) is 0 Å². The summed E-state index contributed by atoms with van der Waals surface area (Å²) in [5, 5.41) is 0. The molecule has 0 aromatic carbocycles. The monoisotopic (exact) mass is 268 g/mol. The van der Waals surface area contributed by atoms with Gasteiger partial charge in [0.1, 0.15) is 0 Å². The molecule has 0 bridgehead atoms. The minimum atomic E-state index is -0.826. The zero-order valence-corrected chi connectivity index (χ0v) is 8.23. The molecule has 0 saturated heterocycles. The van der Waals surface area contributed by atoms with Crippen LogP contribution in [0.3, 0.4) is 0 Å². The molecule has 0 unspecified atom stereocenters. The van der Waals surface area contributed by atoms with Gasteiger partial charge >= 0.3 is 37.9 Å². The Labute approximate surface area is 70.7 Å². The van der Waals surface area contributed by atoms with E-state index in [4.69, 9.17) is 17.0 Å². The van der Waals surface area contributed by atoms with Crippen molar-refractivity contribution in [1.82, 2.24) is 0 Å². The van der Waals surface area contributed by atoms with Crippen LogP contribution in [0.25, 0.3) is 0 Å². The molecule has 0 radical (unpaired) electrons. The molecule has 12 N–H and O–H groups in total. The Bertz CT molecular complexity index is 11.0. The number of hydrogen-bond acceptors (Lipinski definition) is 0. The van der Waals surface area contributed by atoms with E-state index in [-0.39, 0.29) is 32.9 Å². The molecule has 0 fully saturated rings. The SMILES string of the molecule is O.O.O.O.O.O.[Cl][Zr][Cl]. The fraction of sp³-hybridized carbons (Fsp3) is 0. The Kier molecular flexibility index (Phi) is 1170. The van der Waals surface area contributed by atoms with E-state index in [1.165, 1.54) is 0 Å². The van der Waals surface area contributed by atoms with Gasteiger partial charge in [-0.15, -0.1) is 0 Å². The zero-order valence-electron chi connectivity index (χ0n) is 4.26. The molecule has 0 aliphatic carbocycles. The summed E-state index contributed by atoms with van der Waals surface area (Å²) < 4.78 is 0. The third kappa shape index (κ3) is 322. The second-order valence-corrected chi connectivity index (χ2v) is 3.80. The molecule has 0 aliphatic rings. The Hall–Kier alpha value is 1.22. The number of hydrogen-bond donors (Lipinski definition) is 0. The fourth-order valence-corrected chi connectivity index (χ4v) is 0. The van der Waals surface area contributed by atoms with Crippen LogP contribution in [0.15, 0.2) is 0 Å². The van der Waals surface area contributed by atoms with Gasteiger partial charge in [0, 0.05) is 0 Å². The molecule has 0 atom stereocenters. The van der Waals surface area contributed by atoms with Crippen LogP contribution < -0.4 is 0 Å². The molecule has 66 valence electrons. The molecule has 6 nitrogen and oxygen atoms in total. The predicted octanol–water partition coefficient (Wildman–Crippen LogP) is -3.57. The van der Waals surface area contributed by atoms with Crippen molar-refractivity contribution in [2.75, 3.05) is 0 Å². The van der Waals surface area contributed by atoms with Crippen molar-refractivity contribution >= 4 is 17.0 Å². The molecule has 0 rings (SSSR count). The van der Waals surface area contributed by atoms with Crippen molar-refractivity contribution in [3.63, 3.8) is 0 Å². The maximum atomic E-state index is 4.93. The van der Waals surface area contributed by atoms with E-state index in [9.17, 15) is 0 Å². The standard InChI is InChI=1S/2ClH.6H2O.Zr/h2*1H;6*1H2;/q;;;;;;;;+2/p-2. The summed E-state index contributed by atoms with van der Waals surface area (Å²) in [5.41, 5.74) is 0. The van der Waals surface area contributed by atoms with Gasteiger partial charge in [-0.05, 0) is 0 Å². The van der Waals surface area contributed by atoms with Gasteiger partial charge in [0.25, 0.3) is 0 Å². The molecular formula is H12Cl2O6Zr. The molecule has 0 aromatic rings. The molecular weight excluding hydrogens is 258 g/mol. The molecule has 0 saturated carbocycles. The summed E-state index contributed by atoms with van der Waals surface area (Å²) in [5.74, 6) is 0. The quantitative estimate of drug-likeness (QED) is 0.421. The average molecular weight is 270 g/mol. The van der Waals surface area contributed by atoms with Crippen LogP contribution in [0.5, 0.6) is 0 Å². The molecule has 0 amide bonds. The van der Waals surface area contributed by atoms with Crippen LogP contribution in [0.1, 0.15) is 0 Å². The van der Waals surface area contributed by atoms with E-state index in [1.54, 1.807) is 0 Å². The normalized spacial score (nSPS) is 1.56. The predicted molar refractivity (Wildman–Crippen MR) is 33.4 cm³/mol. The number of halogens is 2. The van der Waals surface area contributed by atoms with Gasteiger partial charge < -0.3 is 32.9 Å². The second kappa shape index (κ2) is 126. The first-order valence-corrected chi connectivity index (χ1v) is 6.71. The third-order valence-electron chi connectivity index (χ3n) is 0. The average Bonchev–Trinajstić information content (AvgIpc) is 0.918. The van der Waals surface area contributed by atoms with Gasteiger partial charge in [-0.1, -0.05) is 0 Å². The topological polar surface area (TPSA) is 189 Å². The minimum absolute atomic E-state index is 0. The zero-order chi connectivity index (χ0) is 2.71. The first-order chi connectivity index (χ1) is 1.41. The van der Waals surface area contributed by atoms with Gasteiger partial charge in [-0.25, -0.2) is 0 Å². The van der Waals surface area contributed by atoms with Gasteiger partial charge in [-0.2, -0.15) is 0 Å². The van der Waals surface area contributed by atoms with Gasteiger partial charge in [0.15, 0.2) is 0 Å². The Morgan fingerprint density at radius 3 is 0.556 bits per heavy atom. The summed E-state index contributed by atoms with van der Waals surface area (Å²) in [6.45, 7) is 0. The van der Waals surface area contributed by atoms with E-state index < -0.39 is 20.8 Å². The first kappa shape index (κ1) is 83.7. The van der Waals surface area contributed by atoms with E-state index in [1.807, 2.05) is 0 Å². The Morgan fingerprint density at radius 1 is 0.556 bits per heavy atom. The van der Waals surface area contributed by atoms with E-state index in [0.29, 0.717) is 0 Å². The van der Waals surface area contributed by atoms with Crippen molar-refractivity contribution in [1.29, 1.82) is 0 Å². The van der Waals surface area contributed by atoms with E-state index in [0.717, 1.165) is 0 Å². The van der Waals surface area contributed by atoms with Gasteiger partial charge in [0.05, 0.1) is 0 Å². The summed E-state index contributed by atoms with van der Waals surface area (Å²) in [4.78, 5) is 0. The fourth-order valence-electron chi connectivity index (χ4n) is 0. The number of rotatable bonds is 0. The summed E-state index contributed by atoms with van der Waals surface area (Å²) in [7, 11) is 9.87. The summed E-state index contributed by atoms with van der Waals surface area (Å²) in [6, 6.07) is 0. The van der Waals surface area contributed by atoms with Gasteiger partial charge in [-0.3, -0.25) is 0 Å². The first-order valence-electron chi connectivity index (χ1n) is 0.378. The van der Waals surface area contributed by atoms with Crippen molar-refractivity contribution in [2.45, 2.75) is 0 Å². The van der Waals surface area contributed by atoms with Crippen LogP contribution >= 0.6 is 17.0 Å². The molecule has 0 aromatic heterocycles. The molecule has 9 heteroatoms. The van der Waals surface area contributed by atoms with Crippen molar-refractivity contribution in [2.24, 2.45) is 0 Å². The van der Waals surface area contributed by atoms with Crippen LogP contribution in [0, 0.1) is 0 Å². The molecule has 0 aliphatic heterocycles.